The third-order valence-corrected chi connectivity index (χ3v) is 7.55. The molecule has 1 saturated carbocycles. The Labute approximate surface area is 157 Å². The molecule has 26 heavy (non-hydrogen) atoms. The van der Waals surface area contributed by atoms with Gasteiger partial charge in [0.05, 0.1) is 0 Å². The predicted octanol–water partition coefficient (Wildman–Crippen LogP) is 4.37. The van der Waals surface area contributed by atoms with Crippen LogP contribution >= 0.6 is 0 Å². The van der Waals surface area contributed by atoms with E-state index >= 15 is 0 Å². The highest BCUT2D eigenvalue weighted by Gasteiger charge is 2.50. The molecule has 2 aliphatic carbocycles. The lowest BCUT2D eigenvalue weighted by Gasteiger charge is -2.45. The van der Waals surface area contributed by atoms with Gasteiger partial charge in [0.15, 0.2) is 0 Å². The normalized spacial score (nSPS) is 37.7. The average molecular weight is 347 g/mol. The number of benzene rings is 1. The van der Waals surface area contributed by atoms with Crippen molar-refractivity contribution < 1.29 is 0 Å². The van der Waals surface area contributed by atoms with Crippen LogP contribution in [0.2, 0.25) is 0 Å². The number of hydrogen-bond donors (Lipinski definition) is 2. The lowest BCUT2D eigenvalue weighted by Crippen LogP contribution is -2.56. The SMILES string of the molecule is CC1C2NC3=CC4=C(CC3C2CCc2ccccc2)CC1(C)NCC=C4. The molecule has 0 aromatic heterocycles. The molecule has 2 heterocycles. The monoisotopic (exact) mass is 346 g/mol. The van der Waals surface area contributed by atoms with E-state index < -0.39 is 0 Å². The molecule has 5 rings (SSSR count). The van der Waals surface area contributed by atoms with Crippen molar-refractivity contribution in [2.45, 2.75) is 51.1 Å². The van der Waals surface area contributed by atoms with Crippen LogP contribution in [0.5, 0.6) is 0 Å². The first-order chi connectivity index (χ1) is 12.6. The lowest BCUT2D eigenvalue weighted by atomic mass is 9.65. The molecule has 0 spiro atoms. The fourth-order valence-corrected chi connectivity index (χ4v) is 5.85. The second-order valence-corrected chi connectivity index (χ2v) is 8.99. The summed E-state index contributed by atoms with van der Waals surface area (Å²) in [4.78, 5) is 0. The van der Waals surface area contributed by atoms with E-state index in [0.29, 0.717) is 17.9 Å². The Morgan fingerprint density at radius 2 is 2.04 bits per heavy atom. The molecule has 4 bridgehead atoms. The number of hydrogen-bond acceptors (Lipinski definition) is 2. The molecular weight excluding hydrogens is 316 g/mol. The number of aryl methyl sites for hydroxylation is 1. The van der Waals surface area contributed by atoms with E-state index in [0.717, 1.165) is 12.5 Å². The molecule has 5 atom stereocenters. The summed E-state index contributed by atoms with van der Waals surface area (Å²) in [5.41, 5.74) is 6.31. The molecule has 136 valence electrons. The molecule has 5 unspecified atom stereocenters. The van der Waals surface area contributed by atoms with Crippen LogP contribution in [0.1, 0.15) is 38.7 Å². The maximum atomic E-state index is 3.99. The van der Waals surface area contributed by atoms with E-state index in [1.54, 1.807) is 5.57 Å². The van der Waals surface area contributed by atoms with E-state index in [2.05, 4.69) is 73.0 Å². The Morgan fingerprint density at radius 1 is 1.19 bits per heavy atom. The Morgan fingerprint density at radius 3 is 2.88 bits per heavy atom. The van der Waals surface area contributed by atoms with Gasteiger partial charge in [-0.2, -0.15) is 0 Å². The molecule has 2 N–H and O–H groups in total. The van der Waals surface area contributed by atoms with E-state index in [4.69, 9.17) is 0 Å². The number of fused-ring (bicyclic) bond motifs is 2. The van der Waals surface area contributed by atoms with Crippen LogP contribution in [0, 0.1) is 17.8 Å². The minimum Gasteiger partial charge on any atom is -0.385 e. The van der Waals surface area contributed by atoms with Gasteiger partial charge in [0.25, 0.3) is 0 Å². The van der Waals surface area contributed by atoms with Gasteiger partial charge in [-0.05, 0) is 61.7 Å². The molecule has 1 saturated heterocycles. The molecule has 1 aromatic rings. The van der Waals surface area contributed by atoms with Gasteiger partial charge >= 0.3 is 0 Å². The number of rotatable bonds is 3. The first kappa shape index (κ1) is 16.4. The summed E-state index contributed by atoms with van der Waals surface area (Å²) in [7, 11) is 0. The van der Waals surface area contributed by atoms with Crippen molar-refractivity contribution in [3.63, 3.8) is 0 Å². The molecule has 2 heteroatoms. The van der Waals surface area contributed by atoms with Gasteiger partial charge < -0.3 is 10.6 Å². The van der Waals surface area contributed by atoms with Crippen LogP contribution in [0.4, 0.5) is 0 Å². The first-order valence-corrected chi connectivity index (χ1v) is 10.3. The molecule has 4 aliphatic rings. The smallest absolute Gasteiger partial charge is 0.0336 e. The fraction of sp³-hybridized carbons (Fsp3) is 0.500. The van der Waals surface area contributed by atoms with Crippen LogP contribution in [0.25, 0.3) is 0 Å². The molecule has 0 amide bonds. The number of nitrogens with one attached hydrogen (secondary N) is 2. The zero-order valence-corrected chi connectivity index (χ0v) is 16.0. The van der Waals surface area contributed by atoms with Crippen LogP contribution in [0.15, 0.2) is 65.4 Å². The average Bonchev–Trinajstić information content (AvgIpc) is 3.00. The van der Waals surface area contributed by atoms with Crippen molar-refractivity contribution in [2.24, 2.45) is 17.8 Å². The van der Waals surface area contributed by atoms with Gasteiger partial charge in [0.1, 0.15) is 0 Å². The summed E-state index contributed by atoms with van der Waals surface area (Å²) < 4.78 is 0. The van der Waals surface area contributed by atoms with Crippen molar-refractivity contribution in [3.8, 4) is 0 Å². The highest BCUT2D eigenvalue weighted by molar-refractivity contribution is 5.46. The lowest BCUT2D eigenvalue weighted by molar-refractivity contribution is 0.152. The third kappa shape index (κ3) is 2.58. The molecular formula is C24H30N2. The Balaban J connectivity index is 1.50. The van der Waals surface area contributed by atoms with Gasteiger partial charge in [-0.3, -0.25) is 0 Å². The molecule has 2 aliphatic heterocycles. The van der Waals surface area contributed by atoms with Crippen molar-refractivity contribution in [1.82, 2.24) is 10.6 Å². The fourth-order valence-electron chi connectivity index (χ4n) is 5.85. The number of allylic oxidation sites excluding steroid dienone is 4. The maximum absolute atomic E-state index is 3.99. The van der Waals surface area contributed by atoms with Crippen molar-refractivity contribution >= 4 is 0 Å². The zero-order chi connectivity index (χ0) is 17.7. The summed E-state index contributed by atoms with van der Waals surface area (Å²) in [6, 6.07) is 11.6. The minimum absolute atomic E-state index is 0.173. The van der Waals surface area contributed by atoms with Gasteiger partial charge in [0.2, 0.25) is 0 Å². The van der Waals surface area contributed by atoms with E-state index in [-0.39, 0.29) is 5.54 Å². The second kappa shape index (κ2) is 6.13. The minimum atomic E-state index is 0.173. The van der Waals surface area contributed by atoms with E-state index in [1.807, 2.05) is 0 Å². The zero-order valence-electron chi connectivity index (χ0n) is 16.0. The van der Waals surface area contributed by atoms with Gasteiger partial charge in [-0.1, -0.05) is 55.0 Å². The summed E-state index contributed by atoms with van der Waals surface area (Å²) >= 11 is 0. The topological polar surface area (TPSA) is 24.1 Å². The highest BCUT2D eigenvalue weighted by Crippen LogP contribution is 2.50. The largest absolute Gasteiger partial charge is 0.385 e. The molecule has 1 aromatic carbocycles. The summed E-state index contributed by atoms with van der Waals surface area (Å²) in [6.07, 6.45) is 12.0. The van der Waals surface area contributed by atoms with Crippen LogP contribution in [-0.4, -0.2) is 18.1 Å². The summed E-state index contributed by atoms with van der Waals surface area (Å²) in [5.74, 6) is 2.04. The highest BCUT2D eigenvalue weighted by atomic mass is 15.1. The second-order valence-electron chi connectivity index (χ2n) is 8.99. The Hall–Kier alpha value is -1.80. The van der Waals surface area contributed by atoms with Crippen molar-refractivity contribution in [1.29, 1.82) is 0 Å². The Bertz CT molecular complexity index is 788. The summed E-state index contributed by atoms with van der Waals surface area (Å²) in [6.45, 7) is 5.90. The van der Waals surface area contributed by atoms with Crippen LogP contribution in [-0.2, 0) is 6.42 Å². The van der Waals surface area contributed by atoms with Crippen molar-refractivity contribution in [3.05, 3.63) is 71.0 Å². The van der Waals surface area contributed by atoms with Gasteiger partial charge in [-0.15, -0.1) is 0 Å². The first-order valence-electron chi connectivity index (χ1n) is 10.3. The summed E-state index contributed by atoms with van der Waals surface area (Å²) in [5, 5.41) is 7.87. The molecule has 2 fully saturated rings. The molecule has 2 nitrogen and oxygen atoms in total. The maximum Gasteiger partial charge on any atom is 0.0336 e. The third-order valence-electron chi connectivity index (χ3n) is 7.55. The van der Waals surface area contributed by atoms with Crippen LogP contribution in [0.3, 0.4) is 0 Å². The quantitative estimate of drug-likeness (QED) is 0.849. The van der Waals surface area contributed by atoms with E-state index in [9.17, 15) is 0 Å². The predicted molar refractivity (Wildman–Crippen MR) is 108 cm³/mol. The van der Waals surface area contributed by atoms with Gasteiger partial charge in [0, 0.05) is 29.7 Å². The standard InChI is InChI=1S/C24H30N2/c1-16-23-20(11-10-17-7-4-3-5-8-17)21-13-19-15-24(16,2)25-12-6-9-18(19)14-22(21)26-23/h3-9,14,16,20-21,23,25-26H,10-13,15H2,1-2H3. The van der Waals surface area contributed by atoms with Crippen LogP contribution < -0.4 is 10.6 Å². The Kier molecular flexibility index (Phi) is 3.86. The van der Waals surface area contributed by atoms with E-state index in [1.165, 1.54) is 42.5 Å². The van der Waals surface area contributed by atoms with Crippen molar-refractivity contribution in [2.75, 3.05) is 6.54 Å². The van der Waals surface area contributed by atoms with Gasteiger partial charge in [-0.25, -0.2) is 0 Å². The molecule has 0 radical (unpaired) electrons.